The molecular formula is C12H14N4O2S. The second kappa shape index (κ2) is 5.31. The van der Waals surface area contributed by atoms with Gasteiger partial charge in [-0.2, -0.15) is 0 Å². The predicted octanol–water partition coefficient (Wildman–Crippen LogP) is 1.88. The third-order valence-corrected chi connectivity index (χ3v) is 3.68. The van der Waals surface area contributed by atoms with Gasteiger partial charge in [0.15, 0.2) is 0 Å². The van der Waals surface area contributed by atoms with E-state index < -0.39 is 5.97 Å². The summed E-state index contributed by atoms with van der Waals surface area (Å²) in [6.07, 6.45) is 1.34. The molecule has 0 aliphatic heterocycles. The molecule has 100 valence electrons. The number of carboxylic acid groups (broad SMARTS) is 1. The second-order valence-corrected chi connectivity index (χ2v) is 5.13. The SMILES string of the molecule is Cc1nc(N(C)Cc2scnc2C)ncc1C(=O)O. The molecule has 0 aliphatic carbocycles. The van der Waals surface area contributed by atoms with Gasteiger partial charge in [-0.25, -0.2) is 19.7 Å². The molecular weight excluding hydrogens is 264 g/mol. The van der Waals surface area contributed by atoms with Crippen LogP contribution in [0.5, 0.6) is 0 Å². The Labute approximate surface area is 114 Å². The number of carbonyl (C=O) groups is 1. The van der Waals surface area contributed by atoms with E-state index in [1.54, 1.807) is 23.8 Å². The molecule has 0 radical (unpaired) electrons. The van der Waals surface area contributed by atoms with Crippen LogP contribution in [0.3, 0.4) is 0 Å². The fraction of sp³-hybridized carbons (Fsp3) is 0.333. The Kier molecular flexibility index (Phi) is 3.75. The monoisotopic (exact) mass is 278 g/mol. The van der Waals surface area contributed by atoms with Gasteiger partial charge in [-0.05, 0) is 13.8 Å². The van der Waals surface area contributed by atoms with E-state index in [9.17, 15) is 4.79 Å². The number of thiazole rings is 1. The molecule has 7 heteroatoms. The average Bonchev–Trinajstić information content (AvgIpc) is 2.74. The van der Waals surface area contributed by atoms with Gasteiger partial charge in [-0.1, -0.05) is 0 Å². The summed E-state index contributed by atoms with van der Waals surface area (Å²) in [6.45, 7) is 4.28. The van der Waals surface area contributed by atoms with E-state index in [0.29, 0.717) is 18.2 Å². The fourth-order valence-electron chi connectivity index (χ4n) is 1.61. The van der Waals surface area contributed by atoms with Gasteiger partial charge in [0, 0.05) is 18.1 Å². The molecule has 19 heavy (non-hydrogen) atoms. The lowest BCUT2D eigenvalue weighted by Gasteiger charge is -2.17. The molecule has 0 atom stereocenters. The summed E-state index contributed by atoms with van der Waals surface area (Å²) in [5, 5.41) is 8.94. The van der Waals surface area contributed by atoms with Crippen LogP contribution < -0.4 is 4.90 Å². The Morgan fingerprint density at radius 1 is 1.37 bits per heavy atom. The van der Waals surface area contributed by atoms with Crippen molar-refractivity contribution >= 4 is 23.3 Å². The molecule has 0 saturated heterocycles. The van der Waals surface area contributed by atoms with Crippen molar-refractivity contribution in [3.63, 3.8) is 0 Å². The molecule has 0 fully saturated rings. The molecule has 0 aromatic carbocycles. The minimum atomic E-state index is -1.01. The van der Waals surface area contributed by atoms with Crippen molar-refractivity contribution in [1.82, 2.24) is 15.0 Å². The van der Waals surface area contributed by atoms with Crippen LogP contribution in [0.15, 0.2) is 11.7 Å². The number of carboxylic acids is 1. The number of aryl methyl sites for hydroxylation is 2. The van der Waals surface area contributed by atoms with Gasteiger partial charge in [0.1, 0.15) is 0 Å². The molecule has 0 bridgehead atoms. The van der Waals surface area contributed by atoms with Crippen molar-refractivity contribution in [2.45, 2.75) is 20.4 Å². The third-order valence-electron chi connectivity index (χ3n) is 2.76. The standard InChI is InChI=1S/C12H14N4O2S/c1-7-9(11(17)18)4-13-12(15-7)16(3)5-10-8(2)14-6-19-10/h4,6H,5H2,1-3H3,(H,17,18). The predicted molar refractivity (Wildman–Crippen MR) is 72.7 cm³/mol. The number of hydrogen-bond acceptors (Lipinski definition) is 6. The molecule has 2 aromatic rings. The van der Waals surface area contributed by atoms with Gasteiger partial charge in [0.25, 0.3) is 0 Å². The average molecular weight is 278 g/mol. The summed E-state index contributed by atoms with van der Waals surface area (Å²) in [5.41, 5.74) is 3.39. The first kappa shape index (κ1) is 13.4. The van der Waals surface area contributed by atoms with Crippen LogP contribution in [0.25, 0.3) is 0 Å². The number of rotatable bonds is 4. The Balaban J connectivity index is 2.20. The van der Waals surface area contributed by atoms with E-state index in [-0.39, 0.29) is 5.56 Å². The third kappa shape index (κ3) is 2.87. The highest BCUT2D eigenvalue weighted by molar-refractivity contribution is 7.09. The van der Waals surface area contributed by atoms with Gasteiger partial charge in [-0.15, -0.1) is 11.3 Å². The molecule has 0 unspecified atom stereocenters. The van der Waals surface area contributed by atoms with Gasteiger partial charge < -0.3 is 10.0 Å². The minimum Gasteiger partial charge on any atom is -0.478 e. The Hall–Kier alpha value is -2.02. The largest absolute Gasteiger partial charge is 0.478 e. The molecule has 0 spiro atoms. The summed E-state index contributed by atoms with van der Waals surface area (Å²) in [7, 11) is 1.87. The summed E-state index contributed by atoms with van der Waals surface area (Å²) in [5.74, 6) is -0.500. The number of aromatic carboxylic acids is 1. The van der Waals surface area contributed by atoms with Gasteiger partial charge in [0.2, 0.25) is 5.95 Å². The van der Waals surface area contributed by atoms with Crippen molar-refractivity contribution in [2.24, 2.45) is 0 Å². The van der Waals surface area contributed by atoms with E-state index in [1.807, 2.05) is 18.9 Å². The molecule has 1 N–H and O–H groups in total. The lowest BCUT2D eigenvalue weighted by atomic mass is 10.2. The molecule has 2 heterocycles. The highest BCUT2D eigenvalue weighted by Gasteiger charge is 2.13. The summed E-state index contributed by atoms with van der Waals surface area (Å²) >= 11 is 1.58. The number of hydrogen-bond donors (Lipinski definition) is 1. The second-order valence-electron chi connectivity index (χ2n) is 4.19. The molecule has 2 rings (SSSR count). The highest BCUT2D eigenvalue weighted by Crippen LogP contribution is 2.17. The minimum absolute atomic E-state index is 0.131. The Bertz CT molecular complexity index is 612. The summed E-state index contributed by atoms with van der Waals surface area (Å²) in [4.78, 5) is 26.4. The maximum absolute atomic E-state index is 10.9. The molecule has 6 nitrogen and oxygen atoms in total. The Morgan fingerprint density at radius 2 is 2.11 bits per heavy atom. The van der Waals surface area contributed by atoms with E-state index in [1.165, 1.54) is 6.20 Å². The van der Waals surface area contributed by atoms with Crippen LogP contribution >= 0.6 is 11.3 Å². The van der Waals surface area contributed by atoms with Crippen molar-refractivity contribution < 1.29 is 9.90 Å². The number of aromatic nitrogens is 3. The molecule has 0 amide bonds. The highest BCUT2D eigenvalue weighted by atomic mass is 32.1. The maximum Gasteiger partial charge on any atom is 0.339 e. The lowest BCUT2D eigenvalue weighted by molar-refractivity contribution is 0.0695. The van der Waals surface area contributed by atoms with Crippen molar-refractivity contribution in [2.75, 3.05) is 11.9 Å². The van der Waals surface area contributed by atoms with Crippen molar-refractivity contribution in [3.8, 4) is 0 Å². The zero-order valence-corrected chi connectivity index (χ0v) is 11.7. The lowest BCUT2D eigenvalue weighted by Crippen LogP contribution is -2.20. The van der Waals surface area contributed by atoms with Gasteiger partial charge >= 0.3 is 5.97 Å². The first-order valence-corrected chi connectivity index (χ1v) is 6.54. The van der Waals surface area contributed by atoms with Crippen molar-refractivity contribution in [1.29, 1.82) is 0 Å². The normalized spacial score (nSPS) is 10.5. The number of anilines is 1. The van der Waals surface area contributed by atoms with Crippen LogP contribution in [-0.2, 0) is 6.54 Å². The van der Waals surface area contributed by atoms with Gasteiger partial charge in [-0.3, -0.25) is 0 Å². The van der Waals surface area contributed by atoms with E-state index in [2.05, 4.69) is 15.0 Å². The smallest absolute Gasteiger partial charge is 0.339 e. The Morgan fingerprint density at radius 3 is 2.63 bits per heavy atom. The van der Waals surface area contributed by atoms with E-state index in [4.69, 9.17) is 5.11 Å². The first-order chi connectivity index (χ1) is 8.99. The van der Waals surface area contributed by atoms with E-state index >= 15 is 0 Å². The quantitative estimate of drug-likeness (QED) is 0.920. The van der Waals surface area contributed by atoms with Crippen LogP contribution in [0.1, 0.15) is 26.6 Å². The molecule has 0 saturated carbocycles. The zero-order valence-electron chi connectivity index (χ0n) is 10.9. The van der Waals surface area contributed by atoms with Crippen LogP contribution in [0, 0.1) is 13.8 Å². The summed E-state index contributed by atoms with van der Waals surface area (Å²) in [6, 6.07) is 0. The van der Waals surface area contributed by atoms with Crippen LogP contribution in [0.2, 0.25) is 0 Å². The fourth-order valence-corrected chi connectivity index (χ4v) is 2.44. The first-order valence-electron chi connectivity index (χ1n) is 5.66. The zero-order chi connectivity index (χ0) is 14.0. The topological polar surface area (TPSA) is 79.2 Å². The van der Waals surface area contributed by atoms with E-state index in [0.717, 1.165) is 10.6 Å². The maximum atomic E-state index is 10.9. The molecule has 0 aliphatic rings. The summed E-state index contributed by atoms with van der Waals surface area (Å²) < 4.78 is 0. The van der Waals surface area contributed by atoms with Crippen LogP contribution in [-0.4, -0.2) is 33.1 Å². The van der Waals surface area contributed by atoms with Gasteiger partial charge in [0.05, 0.1) is 29.0 Å². The molecule has 2 aromatic heterocycles. The van der Waals surface area contributed by atoms with Crippen molar-refractivity contribution in [3.05, 3.63) is 33.5 Å². The van der Waals surface area contributed by atoms with Crippen LogP contribution in [0.4, 0.5) is 5.95 Å². The number of nitrogens with zero attached hydrogens (tertiary/aromatic N) is 4.